The summed E-state index contributed by atoms with van der Waals surface area (Å²) in [5.74, 6) is 0.763. The van der Waals surface area contributed by atoms with Gasteiger partial charge >= 0.3 is 5.97 Å². The van der Waals surface area contributed by atoms with E-state index >= 15 is 0 Å². The maximum absolute atomic E-state index is 13.8. The number of benzene rings is 2. The van der Waals surface area contributed by atoms with Crippen LogP contribution >= 0.6 is 11.6 Å². The number of cyclic esters (lactones) is 1. The number of esters is 1. The second-order valence-corrected chi connectivity index (χ2v) is 18.7. The lowest BCUT2D eigenvalue weighted by atomic mass is 9.86. The zero-order valence-electron chi connectivity index (χ0n) is 37.1. The van der Waals surface area contributed by atoms with Crippen molar-refractivity contribution < 1.29 is 34.1 Å². The molecule has 1 aliphatic carbocycles. The Kier molecular flexibility index (Phi) is 11.8. The molecule has 7 heterocycles. The van der Waals surface area contributed by atoms with Crippen LogP contribution in [0.25, 0.3) is 22.3 Å². The molecule has 0 bridgehead atoms. The molecular formula is C49H52ClN9O8. The van der Waals surface area contributed by atoms with E-state index in [2.05, 4.69) is 32.0 Å². The van der Waals surface area contributed by atoms with Crippen LogP contribution in [-0.4, -0.2) is 104 Å². The lowest BCUT2D eigenvalue weighted by Gasteiger charge is -2.40. The Morgan fingerprint density at radius 2 is 1.78 bits per heavy atom. The third-order valence-electron chi connectivity index (χ3n) is 14.4. The molecule has 2 aromatic carbocycles. The first-order valence-corrected chi connectivity index (χ1v) is 23.5. The molecule has 0 spiro atoms. The normalized spacial score (nSPS) is 22.8. The predicted octanol–water partition coefficient (Wildman–Crippen LogP) is 4.01. The third-order valence-corrected chi connectivity index (χ3v) is 14.7. The first kappa shape index (κ1) is 44.2. The van der Waals surface area contributed by atoms with Crippen molar-refractivity contribution in [2.24, 2.45) is 5.92 Å². The fraction of sp³-hybridized carbons (Fsp3) is 0.429. The molecule has 4 aromatic rings. The first-order chi connectivity index (χ1) is 32.4. The SMILES string of the molecule is CC[C@@]1(O)C(=O)OCc2c1cc1n(c2=O)Cc2cc3c(CN4CCN(C(=O)C5CCN(C6=CC=C(C(=O)N[C@H]7CC[C@H](Oc8ccc(C#N)c(Cl)c8)CC7)NN6)CC5)CC4)c(O)ccc3nc2-1. The predicted molar refractivity (Wildman–Crippen MR) is 246 cm³/mol. The minimum atomic E-state index is -1.91. The summed E-state index contributed by atoms with van der Waals surface area (Å²) in [6.07, 6.45) is 8.31. The van der Waals surface area contributed by atoms with Crippen LogP contribution in [0.5, 0.6) is 11.5 Å². The summed E-state index contributed by atoms with van der Waals surface area (Å²) in [6.45, 7) is 6.02. The monoisotopic (exact) mass is 929 g/mol. The number of hydrogen-bond donors (Lipinski definition) is 5. The Labute approximate surface area is 391 Å². The molecule has 1 atom stereocenters. The lowest BCUT2D eigenvalue weighted by Crippen LogP contribution is -2.52. The summed E-state index contributed by atoms with van der Waals surface area (Å²) in [5, 5.41) is 35.8. The summed E-state index contributed by atoms with van der Waals surface area (Å²) >= 11 is 6.16. The molecule has 17 nitrogen and oxygen atoms in total. The van der Waals surface area contributed by atoms with Crippen molar-refractivity contribution in [3.63, 3.8) is 0 Å². The number of halogens is 1. The van der Waals surface area contributed by atoms with Crippen LogP contribution in [0.2, 0.25) is 5.02 Å². The van der Waals surface area contributed by atoms with Gasteiger partial charge in [-0.2, -0.15) is 5.26 Å². The summed E-state index contributed by atoms with van der Waals surface area (Å²) in [5.41, 5.74) is 8.69. The van der Waals surface area contributed by atoms with Gasteiger partial charge in [0, 0.05) is 85.9 Å². The van der Waals surface area contributed by atoms with Crippen LogP contribution in [0, 0.1) is 17.2 Å². The van der Waals surface area contributed by atoms with Crippen LogP contribution in [0.4, 0.5) is 0 Å². The number of fused-ring (bicyclic) bond motifs is 5. The van der Waals surface area contributed by atoms with Crippen LogP contribution in [0.1, 0.15) is 79.7 Å². The smallest absolute Gasteiger partial charge is 0.343 e. The highest BCUT2D eigenvalue weighted by Gasteiger charge is 2.45. The van der Waals surface area contributed by atoms with E-state index < -0.39 is 11.6 Å². The Balaban J connectivity index is 0.700. The van der Waals surface area contributed by atoms with Crippen LogP contribution in [0.3, 0.4) is 0 Å². The number of phenols is 1. The Hall–Kier alpha value is -6.61. The fourth-order valence-corrected chi connectivity index (χ4v) is 10.6. The van der Waals surface area contributed by atoms with Gasteiger partial charge in [-0.05, 0) is 93.5 Å². The molecule has 3 fully saturated rings. The van der Waals surface area contributed by atoms with E-state index in [9.17, 15) is 29.4 Å². The molecule has 2 saturated heterocycles. The molecule has 2 aromatic heterocycles. The molecule has 0 radical (unpaired) electrons. The topological polar surface area (TPSA) is 215 Å². The number of phenolic OH excluding ortho intramolecular Hbond substituents is 1. The number of pyridine rings is 2. The van der Waals surface area contributed by atoms with E-state index in [4.69, 9.17) is 31.3 Å². The lowest BCUT2D eigenvalue weighted by molar-refractivity contribution is -0.172. The second kappa shape index (κ2) is 17.9. The van der Waals surface area contributed by atoms with E-state index in [-0.39, 0.29) is 71.9 Å². The van der Waals surface area contributed by atoms with Crippen molar-refractivity contribution >= 4 is 40.3 Å². The molecule has 18 heteroatoms. The molecule has 1 saturated carbocycles. The van der Waals surface area contributed by atoms with Gasteiger partial charge in [-0.1, -0.05) is 18.5 Å². The zero-order valence-corrected chi connectivity index (χ0v) is 37.9. The third kappa shape index (κ3) is 8.31. The largest absolute Gasteiger partial charge is 0.508 e. The maximum Gasteiger partial charge on any atom is 0.343 e. The van der Waals surface area contributed by atoms with E-state index in [0.717, 1.165) is 48.0 Å². The van der Waals surface area contributed by atoms with Gasteiger partial charge < -0.3 is 39.4 Å². The Morgan fingerprint density at radius 1 is 1.00 bits per heavy atom. The number of aromatic hydroxyl groups is 1. The highest BCUT2D eigenvalue weighted by Crippen LogP contribution is 2.40. The molecule has 348 valence electrons. The number of amides is 2. The van der Waals surface area contributed by atoms with Gasteiger partial charge in [0.15, 0.2) is 5.60 Å². The fourth-order valence-electron chi connectivity index (χ4n) is 10.4. The minimum absolute atomic E-state index is 0.00903. The van der Waals surface area contributed by atoms with Gasteiger partial charge in [-0.15, -0.1) is 0 Å². The number of hydrazine groups is 1. The molecule has 5 N–H and O–H groups in total. The van der Waals surface area contributed by atoms with E-state index in [1.54, 1.807) is 54.0 Å². The number of ether oxygens (including phenoxy) is 2. The molecule has 67 heavy (non-hydrogen) atoms. The number of rotatable bonds is 9. The average molecular weight is 930 g/mol. The van der Waals surface area contributed by atoms with Crippen molar-refractivity contribution in [2.45, 2.75) is 89.3 Å². The van der Waals surface area contributed by atoms with Crippen LogP contribution in [-0.2, 0) is 44.4 Å². The molecule has 10 rings (SSSR count). The van der Waals surface area contributed by atoms with Crippen molar-refractivity contribution in [2.75, 3.05) is 39.3 Å². The summed E-state index contributed by atoms with van der Waals surface area (Å²) in [6, 6.07) is 14.2. The molecule has 0 unspecified atom stereocenters. The summed E-state index contributed by atoms with van der Waals surface area (Å²) in [7, 11) is 0. The number of piperazine rings is 1. The van der Waals surface area contributed by atoms with Crippen molar-refractivity contribution in [1.29, 1.82) is 5.26 Å². The molecular weight excluding hydrogens is 878 g/mol. The number of nitrogens with zero attached hydrogens (tertiary/aromatic N) is 6. The number of likely N-dealkylation sites (tertiary alicyclic amines) is 1. The Morgan fingerprint density at radius 3 is 2.48 bits per heavy atom. The van der Waals surface area contributed by atoms with Crippen molar-refractivity contribution in [1.82, 2.24) is 40.4 Å². The van der Waals surface area contributed by atoms with E-state index in [1.165, 1.54) is 0 Å². The first-order valence-electron chi connectivity index (χ1n) is 23.1. The van der Waals surface area contributed by atoms with Gasteiger partial charge in [0.1, 0.15) is 35.7 Å². The van der Waals surface area contributed by atoms with Crippen LogP contribution < -0.4 is 26.5 Å². The number of nitrogens with one attached hydrogen (secondary N) is 3. The highest BCUT2D eigenvalue weighted by molar-refractivity contribution is 6.31. The van der Waals surface area contributed by atoms with Gasteiger partial charge in [-0.25, -0.2) is 9.78 Å². The number of nitriles is 1. The minimum Gasteiger partial charge on any atom is -0.508 e. The number of carbonyl (C=O) groups is 3. The number of piperidine rings is 1. The standard InChI is InChI=1S/C49H52ClN9O8/c1-2-49(65)37-23-41-44-30(25-59(41)47(63)36(37)27-66-48(49)64)21-34-35(42(60)11-9-39(34)53-44)26-56-17-19-58(20-18-56)46(62)28-13-15-57(16-14-28)43-12-10-40(54-55-43)45(61)52-31-4-7-32(8-5-31)67-33-6-3-29(24-51)38(50)22-33/h3,6,9-12,21-23,28,31-32,54-55,60,65H,2,4-5,7-8,13-20,25-27H2,1H3,(H,52,61)/t31-,32-,49-/m0/s1. The quantitative estimate of drug-likeness (QED) is 0.132. The molecule has 6 aliphatic rings. The van der Waals surface area contributed by atoms with Gasteiger partial charge in [0.2, 0.25) is 5.91 Å². The molecule has 5 aliphatic heterocycles. The number of aromatic nitrogens is 2. The second-order valence-electron chi connectivity index (χ2n) is 18.3. The number of allylic oxidation sites excluding steroid dienone is 2. The van der Waals surface area contributed by atoms with Gasteiger partial charge in [-0.3, -0.25) is 30.1 Å². The highest BCUT2D eigenvalue weighted by atomic mass is 35.5. The van der Waals surface area contributed by atoms with Crippen LogP contribution in [0.15, 0.2) is 70.9 Å². The summed E-state index contributed by atoms with van der Waals surface area (Å²) < 4.78 is 12.9. The average Bonchev–Trinajstić information content (AvgIpc) is 3.71. The number of carbonyl (C=O) groups excluding carboxylic acids is 3. The van der Waals surface area contributed by atoms with E-state index in [1.807, 2.05) is 17.0 Å². The zero-order chi connectivity index (χ0) is 46.6. The van der Waals surface area contributed by atoms with E-state index in [0.29, 0.717) is 97.6 Å². The number of aliphatic hydroxyl groups is 1. The molecule has 2 amide bonds. The Bertz CT molecular complexity index is 2850. The van der Waals surface area contributed by atoms with Gasteiger partial charge in [0.05, 0.1) is 45.7 Å². The van der Waals surface area contributed by atoms with Gasteiger partial charge in [0.25, 0.3) is 11.5 Å². The van der Waals surface area contributed by atoms with Crippen molar-refractivity contribution in [3.8, 4) is 29.0 Å². The maximum atomic E-state index is 13.8. The number of hydrogen-bond acceptors (Lipinski definition) is 14. The van der Waals surface area contributed by atoms with Crippen molar-refractivity contribution in [3.05, 3.63) is 109 Å². The summed E-state index contributed by atoms with van der Waals surface area (Å²) in [4.78, 5) is 64.5.